The first-order valence-electron chi connectivity index (χ1n) is 6.74. The maximum atomic E-state index is 12.0. The van der Waals surface area contributed by atoms with Crippen LogP contribution >= 0.6 is 12.2 Å². The molecule has 1 aliphatic heterocycles. The van der Waals surface area contributed by atoms with Gasteiger partial charge in [-0.3, -0.25) is 0 Å². The van der Waals surface area contributed by atoms with E-state index in [4.69, 9.17) is 21.7 Å². The average molecular weight is 318 g/mol. The van der Waals surface area contributed by atoms with Crippen LogP contribution in [0.4, 0.5) is 0 Å². The van der Waals surface area contributed by atoms with Gasteiger partial charge in [0.25, 0.3) is 0 Å². The van der Waals surface area contributed by atoms with E-state index in [-0.39, 0.29) is 6.04 Å². The molecule has 1 heterocycles. The van der Waals surface area contributed by atoms with E-state index in [1.165, 1.54) is 7.11 Å². The van der Waals surface area contributed by atoms with Crippen LogP contribution in [0.25, 0.3) is 6.08 Å². The SMILES string of the molecule is COC(=O)C1=C(C)NC(=S)N[C@H]1/C=C/c1ccccc1OC. The number of benzene rings is 1. The number of allylic oxidation sites excluding steroid dienone is 1. The van der Waals surface area contributed by atoms with Crippen LogP contribution in [0.5, 0.6) is 5.75 Å². The predicted octanol–water partition coefficient (Wildman–Crippen LogP) is 2.00. The largest absolute Gasteiger partial charge is 0.496 e. The molecule has 0 bridgehead atoms. The van der Waals surface area contributed by atoms with Crippen LogP contribution in [-0.4, -0.2) is 31.3 Å². The minimum atomic E-state index is -0.394. The van der Waals surface area contributed by atoms with Crippen LogP contribution in [0.2, 0.25) is 0 Å². The normalized spacial score (nSPS) is 18.0. The van der Waals surface area contributed by atoms with Gasteiger partial charge in [0.2, 0.25) is 0 Å². The molecule has 6 heteroatoms. The van der Waals surface area contributed by atoms with E-state index in [2.05, 4.69) is 10.6 Å². The second kappa shape index (κ2) is 7.09. The van der Waals surface area contributed by atoms with Crippen LogP contribution in [0.15, 0.2) is 41.6 Å². The van der Waals surface area contributed by atoms with Gasteiger partial charge in [0, 0.05) is 11.3 Å². The fourth-order valence-electron chi connectivity index (χ4n) is 2.26. The molecule has 0 spiro atoms. The third-order valence-electron chi connectivity index (χ3n) is 3.32. The van der Waals surface area contributed by atoms with Gasteiger partial charge in [-0.1, -0.05) is 30.4 Å². The lowest BCUT2D eigenvalue weighted by Crippen LogP contribution is -2.48. The third-order valence-corrected chi connectivity index (χ3v) is 3.54. The lowest BCUT2D eigenvalue weighted by Gasteiger charge is -2.27. The van der Waals surface area contributed by atoms with Gasteiger partial charge in [0.1, 0.15) is 5.75 Å². The molecule has 5 nitrogen and oxygen atoms in total. The summed E-state index contributed by atoms with van der Waals surface area (Å²) < 4.78 is 10.2. The standard InChI is InChI=1S/C16H18N2O3S/c1-10-14(15(19)21-3)12(18-16(22)17-10)9-8-11-6-4-5-7-13(11)20-2/h4-9,12H,1-3H3,(H2,17,18,22)/b9-8+/t12-/m0/s1. The highest BCUT2D eigenvalue weighted by Crippen LogP contribution is 2.21. The number of hydrogen-bond acceptors (Lipinski definition) is 4. The molecule has 1 aromatic carbocycles. The number of ether oxygens (including phenoxy) is 2. The minimum Gasteiger partial charge on any atom is -0.496 e. The molecule has 0 radical (unpaired) electrons. The summed E-state index contributed by atoms with van der Waals surface area (Å²) in [6, 6.07) is 7.28. The van der Waals surface area contributed by atoms with Crippen LogP contribution in [0.1, 0.15) is 12.5 Å². The highest BCUT2D eigenvalue weighted by molar-refractivity contribution is 7.80. The van der Waals surface area contributed by atoms with E-state index in [0.717, 1.165) is 11.3 Å². The number of para-hydroxylation sites is 1. The fraction of sp³-hybridized carbons (Fsp3) is 0.250. The van der Waals surface area contributed by atoms with Crippen LogP contribution in [0, 0.1) is 0 Å². The molecular weight excluding hydrogens is 300 g/mol. The van der Waals surface area contributed by atoms with Crippen molar-refractivity contribution in [1.82, 2.24) is 10.6 Å². The summed E-state index contributed by atoms with van der Waals surface area (Å²) in [4.78, 5) is 12.0. The van der Waals surface area contributed by atoms with Gasteiger partial charge in [-0.15, -0.1) is 0 Å². The third kappa shape index (κ3) is 3.46. The molecule has 0 saturated heterocycles. The molecule has 116 valence electrons. The van der Waals surface area contributed by atoms with Crippen molar-refractivity contribution in [3.63, 3.8) is 0 Å². The number of carbonyl (C=O) groups is 1. The van der Waals surface area contributed by atoms with Gasteiger partial charge in [0.15, 0.2) is 5.11 Å². The second-order valence-corrected chi connectivity index (χ2v) is 5.12. The molecule has 0 aliphatic carbocycles. The highest BCUT2D eigenvalue weighted by Gasteiger charge is 2.27. The molecular formula is C16H18N2O3S. The smallest absolute Gasteiger partial charge is 0.337 e. The molecule has 2 rings (SSSR count). The zero-order valence-electron chi connectivity index (χ0n) is 12.7. The summed E-state index contributed by atoms with van der Waals surface area (Å²) in [5.41, 5.74) is 2.10. The summed E-state index contributed by atoms with van der Waals surface area (Å²) >= 11 is 5.15. The Balaban J connectivity index is 2.33. The van der Waals surface area contributed by atoms with Crippen LogP contribution in [-0.2, 0) is 9.53 Å². The zero-order valence-corrected chi connectivity index (χ0v) is 13.5. The van der Waals surface area contributed by atoms with Crippen molar-refractivity contribution >= 4 is 29.4 Å². The number of carbonyl (C=O) groups excluding carboxylic acids is 1. The van der Waals surface area contributed by atoms with Gasteiger partial charge in [-0.25, -0.2) is 4.79 Å². The number of rotatable bonds is 4. The zero-order chi connectivity index (χ0) is 16.1. The maximum absolute atomic E-state index is 12.0. The van der Waals surface area contributed by atoms with Crippen molar-refractivity contribution in [1.29, 1.82) is 0 Å². The van der Waals surface area contributed by atoms with Gasteiger partial charge in [-0.05, 0) is 25.2 Å². The molecule has 0 fully saturated rings. The van der Waals surface area contributed by atoms with E-state index in [0.29, 0.717) is 16.4 Å². The first-order valence-corrected chi connectivity index (χ1v) is 7.15. The van der Waals surface area contributed by atoms with Crippen LogP contribution < -0.4 is 15.4 Å². The van der Waals surface area contributed by atoms with Gasteiger partial charge in [-0.2, -0.15) is 0 Å². The number of esters is 1. The van der Waals surface area contributed by atoms with Crippen LogP contribution in [0.3, 0.4) is 0 Å². The predicted molar refractivity (Wildman–Crippen MR) is 89.4 cm³/mol. The minimum absolute atomic E-state index is 0.355. The van der Waals surface area contributed by atoms with Crippen molar-refractivity contribution in [2.45, 2.75) is 13.0 Å². The van der Waals surface area contributed by atoms with E-state index in [1.807, 2.05) is 36.4 Å². The second-order valence-electron chi connectivity index (χ2n) is 4.71. The molecule has 22 heavy (non-hydrogen) atoms. The summed E-state index contributed by atoms with van der Waals surface area (Å²) in [7, 11) is 2.98. The lowest BCUT2D eigenvalue weighted by atomic mass is 10.0. The Bertz CT molecular complexity index is 653. The average Bonchev–Trinajstić information content (AvgIpc) is 2.52. The monoisotopic (exact) mass is 318 g/mol. The topological polar surface area (TPSA) is 59.6 Å². The Kier molecular flexibility index (Phi) is 5.16. The highest BCUT2D eigenvalue weighted by atomic mass is 32.1. The van der Waals surface area contributed by atoms with E-state index >= 15 is 0 Å². The fourth-order valence-corrected chi connectivity index (χ4v) is 2.54. The molecule has 1 atom stereocenters. The quantitative estimate of drug-likeness (QED) is 0.654. The first-order chi connectivity index (χ1) is 10.6. The maximum Gasteiger partial charge on any atom is 0.337 e. The van der Waals surface area contributed by atoms with Crippen molar-refractivity contribution in [2.24, 2.45) is 0 Å². The first kappa shape index (κ1) is 16.0. The molecule has 0 aromatic heterocycles. The van der Waals surface area contributed by atoms with Crippen molar-refractivity contribution in [3.8, 4) is 5.75 Å². The van der Waals surface area contributed by atoms with E-state index < -0.39 is 5.97 Å². The van der Waals surface area contributed by atoms with E-state index in [1.54, 1.807) is 14.0 Å². The van der Waals surface area contributed by atoms with Crippen molar-refractivity contribution < 1.29 is 14.3 Å². The van der Waals surface area contributed by atoms with Gasteiger partial charge in [0.05, 0.1) is 25.8 Å². The van der Waals surface area contributed by atoms with Crippen molar-refractivity contribution in [3.05, 3.63) is 47.2 Å². The molecule has 2 N–H and O–H groups in total. The molecule has 0 saturated carbocycles. The van der Waals surface area contributed by atoms with Gasteiger partial charge >= 0.3 is 5.97 Å². The Hall–Kier alpha value is -2.34. The number of hydrogen-bond donors (Lipinski definition) is 2. The van der Waals surface area contributed by atoms with Crippen molar-refractivity contribution in [2.75, 3.05) is 14.2 Å². The number of nitrogens with one attached hydrogen (secondary N) is 2. The lowest BCUT2D eigenvalue weighted by molar-refractivity contribution is -0.136. The van der Waals surface area contributed by atoms with E-state index in [9.17, 15) is 4.79 Å². The molecule has 0 unspecified atom stereocenters. The molecule has 1 aliphatic rings. The molecule has 0 amide bonds. The molecule has 1 aromatic rings. The summed E-state index contributed by atoms with van der Waals surface area (Å²) in [6.45, 7) is 1.79. The Morgan fingerprint density at radius 1 is 1.32 bits per heavy atom. The summed E-state index contributed by atoms with van der Waals surface area (Å²) in [5.74, 6) is 0.366. The number of methoxy groups -OCH3 is 2. The van der Waals surface area contributed by atoms with Gasteiger partial charge < -0.3 is 20.1 Å². The summed E-state index contributed by atoms with van der Waals surface area (Å²) in [6.07, 6.45) is 3.75. The summed E-state index contributed by atoms with van der Waals surface area (Å²) in [5, 5.41) is 6.46. The Morgan fingerprint density at radius 2 is 2.05 bits per heavy atom. The number of thiocarbonyl (C=S) groups is 1. The Labute approximate surface area is 135 Å². The Morgan fingerprint density at radius 3 is 2.73 bits per heavy atom.